The monoisotopic (exact) mass is 217 g/mol. The smallest absolute Gasteiger partial charge is 0.203 e. The molecule has 0 aromatic carbocycles. The molecule has 0 bridgehead atoms. The lowest BCUT2D eigenvalue weighted by Gasteiger charge is -2.19. The molecule has 1 aromatic heterocycles. The van der Waals surface area contributed by atoms with Crippen LogP contribution in [0.2, 0.25) is 0 Å². The van der Waals surface area contributed by atoms with Crippen molar-refractivity contribution >= 4 is 28.2 Å². The topological polar surface area (TPSA) is 61.0 Å². The maximum Gasteiger partial charge on any atom is 0.203 e. The molecule has 0 spiro atoms. The zero-order chi connectivity index (χ0) is 9.10. The lowest BCUT2D eigenvalue weighted by molar-refractivity contribution is 0.100. The highest BCUT2D eigenvalue weighted by Crippen LogP contribution is 2.32. The number of nitrogens with two attached hydrogens (primary N) is 1. The largest absolute Gasteiger partial charge is 0.381 e. The third-order valence-corrected chi connectivity index (χ3v) is 4.03. The molecule has 1 aliphatic heterocycles. The highest BCUT2D eigenvalue weighted by Gasteiger charge is 2.16. The molecule has 0 amide bonds. The quantitative estimate of drug-likeness (QED) is 0.811. The number of hydrogen-bond acceptors (Lipinski definition) is 6. The lowest BCUT2D eigenvalue weighted by Crippen LogP contribution is -2.17. The van der Waals surface area contributed by atoms with E-state index in [4.69, 9.17) is 10.5 Å². The average molecular weight is 217 g/mol. The fourth-order valence-electron chi connectivity index (χ4n) is 1.20. The number of nitrogen functional groups attached to an aromatic ring is 1. The molecule has 4 nitrogen and oxygen atoms in total. The van der Waals surface area contributed by atoms with Crippen LogP contribution in [0, 0.1) is 0 Å². The maximum atomic E-state index is 5.49. The molecule has 1 saturated heterocycles. The van der Waals surface area contributed by atoms with Crippen LogP contribution in [-0.4, -0.2) is 28.7 Å². The molecule has 1 aliphatic rings. The van der Waals surface area contributed by atoms with E-state index in [1.165, 1.54) is 11.3 Å². The molecule has 0 saturated carbocycles. The molecule has 0 radical (unpaired) electrons. The first-order chi connectivity index (χ1) is 6.34. The van der Waals surface area contributed by atoms with Gasteiger partial charge in [-0.2, -0.15) is 0 Å². The van der Waals surface area contributed by atoms with Gasteiger partial charge in [-0.15, -0.1) is 10.2 Å². The summed E-state index contributed by atoms with van der Waals surface area (Å²) in [6, 6.07) is 0. The number of ether oxygens (including phenoxy) is 1. The van der Waals surface area contributed by atoms with Crippen LogP contribution in [0.4, 0.5) is 5.13 Å². The van der Waals surface area contributed by atoms with E-state index in [-0.39, 0.29) is 0 Å². The number of hydrogen-bond donors (Lipinski definition) is 1. The maximum absolute atomic E-state index is 5.49. The lowest BCUT2D eigenvalue weighted by atomic mass is 10.2. The van der Waals surface area contributed by atoms with Crippen LogP contribution >= 0.6 is 23.1 Å². The summed E-state index contributed by atoms with van der Waals surface area (Å²) in [6.07, 6.45) is 2.20. The average Bonchev–Trinajstić information content (AvgIpc) is 2.53. The van der Waals surface area contributed by atoms with Gasteiger partial charge in [0, 0.05) is 18.5 Å². The van der Waals surface area contributed by atoms with Crippen LogP contribution in [-0.2, 0) is 4.74 Å². The van der Waals surface area contributed by atoms with Crippen LogP contribution in [0.1, 0.15) is 12.8 Å². The molecule has 2 heterocycles. The Hall–Kier alpha value is -0.330. The number of thioether (sulfide) groups is 1. The number of aromatic nitrogens is 2. The number of rotatable bonds is 2. The van der Waals surface area contributed by atoms with E-state index in [0.29, 0.717) is 10.4 Å². The summed E-state index contributed by atoms with van der Waals surface area (Å²) in [5, 5.41) is 8.93. The Morgan fingerprint density at radius 1 is 1.38 bits per heavy atom. The predicted octanol–water partition coefficient (Wildman–Crippen LogP) is 1.39. The third-order valence-electron chi connectivity index (χ3n) is 1.86. The zero-order valence-corrected chi connectivity index (χ0v) is 8.74. The van der Waals surface area contributed by atoms with Crippen LogP contribution in [0.5, 0.6) is 0 Å². The van der Waals surface area contributed by atoms with Gasteiger partial charge in [0.25, 0.3) is 0 Å². The van der Waals surface area contributed by atoms with Gasteiger partial charge in [-0.1, -0.05) is 23.1 Å². The van der Waals surface area contributed by atoms with E-state index in [1.807, 2.05) is 0 Å². The van der Waals surface area contributed by atoms with Crippen molar-refractivity contribution in [3.8, 4) is 0 Å². The fourth-order valence-corrected chi connectivity index (χ4v) is 3.20. The van der Waals surface area contributed by atoms with Crippen molar-refractivity contribution in [2.45, 2.75) is 22.4 Å². The second kappa shape index (κ2) is 4.26. The highest BCUT2D eigenvalue weighted by atomic mass is 32.2. The van der Waals surface area contributed by atoms with Gasteiger partial charge >= 0.3 is 0 Å². The minimum atomic E-state index is 0.551. The van der Waals surface area contributed by atoms with E-state index in [9.17, 15) is 0 Å². The van der Waals surface area contributed by atoms with Gasteiger partial charge in [-0.25, -0.2) is 0 Å². The van der Waals surface area contributed by atoms with Gasteiger partial charge in [0.1, 0.15) is 0 Å². The van der Waals surface area contributed by atoms with Crippen molar-refractivity contribution in [1.82, 2.24) is 10.2 Å². The van der Waals surface area contributed by atoms with Gasteiger partial charge in [-0.05, 0) is 12.8 Å². The van der Waals surface area contributed by atoms with E-state index in [0.717, 1.165) is 30.4 Å². The fraction of sp³-hybridized carbons (Fsp3) is 0.714. The number of anilines is 1. The highest BCUT2D eigenvalue weighted by molar-refractivity contribution is 8.01. The van der Waals surface area contributed by atoms with Crippen molar-refractivity contribution in [1.29, 1.82) is 0 Å². The SMILES string of the molecule is Nc1nnc(SC2CCOCC2)s1. The summed E-state index contributed by atoms with van der Waals surface area (Å²) in [5.41, 5.74) is 5.49. The van der Waals surface area contributed by atoms with Crippen molar-refractivity contribution in [3.05, 3.63) is 0 Å². The molecule has 1 fully saturated rings. The summed E-state index contributed by atoms with van der Waals surface area (Å²) in [4.78, 5) is 0. The first kappa shape index (κ1) is 9.23. The standard InChI is InChI=1S/C7H11N3OS2/c8-6-9-10-7(13-6)12-5-1-3-11-4-2-5/h5H,1-4H2,(H2,8,9). The summed E-state index contributed by atoms with van der Waals surface area (Å²) in [6.45, 7) is 1.73. The van der Waals surface area contributed by atoms with Crippen LogP contribution in [0.3, 0.4) is 0 Å². The molecule has 72 valence electrons. The summed E-state index contributed by atoms with van der Waals surface area (Å²) in [5.74, 6) is 0. The van der Waals surface area contributed by atoms with Gasteiger partial charge < -0.3 is 10.5 Å². The van der Waals surface area contributed by atoms with Crippen molar-refractivity contribution in [3.63, 3.8) is 0 Å². The van der Waals surface area contributed by atoms with Crippen LogP contribution in [0.15, 0.2) is 4.34 Å². The van der Waals surface area contributed by atoms with E-state index in [1.54, 1.807) is 11.8 Å². The van der Waals surface area contributed by atoms with E-state index >= 15 is 0 Å². The Morgan fingerprint density at radius 3 is 2.77 bits per heavy atom. The Labute approximate surface area is 84.9 Å². The summed E-state index contributed by atoms with van der Waals surface area (Å²) in [7, 11) is 0. The molecule has 2 N–H and O–H groups in total. The molecule has 1 aromatic rings. The Morgan fingerprint density at radius 2 is 2.15 bits per heavy atom. The van der Waals surface area contributed by atoms with Crippen molar-refractivity contribution < 1.29 is 4.74 Å². The van der Waals surface area contributed by atoms with Crippen molar-refractivity contribution in [2.75, 3.05) is 18.9 Å². The van der Waals surface area contributed by atoms with E-state index < -0.39 is 0 Å². The van der Waals surface area contributed by atoms with Gasteiger partial charge in [0.2, 0.25) is 5.13 Å². The first-order valence-corrected chi connectivity index (χ1v) is 5.87. The molecule has 0 unspecified atom stereocenters. The first-order valence-electron chi connectivity index (χ1n) is 4.18. The molecule has 0 atom stereocenters. The second-order valence-corrected chi connectivity index (χ2v) is 5.39. The molecule has 6 heteroatoms. The van der Waals surface area contributed by atoms with Gasteiger partial charge in [-0.3, -0.25) is 0 Å². The van der Waals surface area contributed by atoms with E-state index in [2.05, 4.69) is 10.2 Å². The summed E-state index contributed by atoms with van der Waals surface area (Å²) < 4.78 is 6.25. The zero-order valence-electron chi connectivity index (χ0n) is 7.10. The Balaban J connectivity index is 1.89. The van der Waals surface area contributed by atoms with Gasteiger partial charge in [0.15, 0.2) is 4.34 Å². The minimum absolute atomic E-state index is 0.551. The Kier molecular flexibility index (Phi) is 3.02. The van der Waals surface area contributed by atoms with Crippen LogP contribution < -0.4 is 5.73 Å². The molecular formula is C7H11N3OS2. The van der Waals surface area contributed by atoms with Crippen LogP contribution in [0.25, 0.3) is 0 Å². The number of nitrogens with zero attached hydrogens (tertiary/aromatic N) is 2. The molecular weight excluding hydrogens is 206 g/mol. The molecule has 13 heavy (non-hydrogen) atoms. The third kappa shape index (κ3) is 2.55. The predicted molar refractivity (Wildman–Crippen MR) is 54.0 cm³/mol. The summed E-state index contributed by atoms with van der Waals surface area (Å²) >= 11 is 3.23. The molecule has 0 aliphatic carbocycles. The minimum Gasteiger partial charge on any atom is -0.381 e. The van der Waals surface area contributed by atoms with Crippen molar-refractivity contribution in [2.24, 2.45) is 0 Å². The second-order valence-electron chi connectivity index (χ2n) is 2.84. The Bertz CT molecular complexity index is 272. The normalized spacial score (nSPS) is 19.1. The van der Waals surface area contributed by atoms with Gasteiger partial charge in [0.05, 0.1) is 0 Å². The molecule has 2 rings (SSSR count).